The quantitative estimate of drug-likeness (QED) is 0.586. The Balaban J connectivity index is 0.000000218. The number of hydrogen-bond acceptors (Lipinski definition) is 4. The van der Waals surface area contributed by atoms with Crippen LogP contribution in [0.25, 0.3) is 10.8 Å². The summed E-state index contributed by atoms with van der Waals surface area (Å²) in [7, 11) is 0. The molecule has 2 heterocycles. The second-order valence-electron chi connectivity index (χ2n) is 7.21. The molecule has 3 N–H and O–H groups in total. The van der Waals surface area contributed by atoms with Gasteiger partial charge in [-0.15, -0.1) is 0 Å². The largest absolute Gasteiger partial charge is 0.490 e. The van der Waals surface area contributed by atoms with Crippen molar-refractivity contribution in [2.24, 2.45) is 0 Å². The second kappa shape index (κ2) is 10.2. The molecule has 2 fully saturated rings. The summed E-state index contributed by atoms with van der Waals surface area (Å²) in [5.41, 5.74) is 1.45. The molecule has 2 aliphatic rings. The molecule has 0 aromatic heterocycles. The predicted octanol–water partition coefficient (Wildman–Crippen LogP) is 3.65. The second-order valence-corrected chi connectivity index (χ2v) is 7.21. The van der Waals surface area contributed by atoms with E-state index in [4.69, 9.17) is 19.8 Å². The molecule has 0 amide bonds. The van der Waals surface area contributed by atoms with Crippen molar-refractivity contribution in [3.05, 3.63) is 48.0 Å². The van der Waals surface area contributed by atoms with E-state index in [2.05, 4.69) is 52.7 Å². The molecule has 2 saturated heterocycles. The molecule has 2 bridgehead atoms. The first-order chi connectivity index (χ1) is 14.8. The highest BCUT2D eigenvalue weighted by Gasteiger charge is 2.39. The number of carboxylic acids is 2. The van der Waals surface area contributed by atoms with Gasteiger partial charge in [-0.2, -0.15) is 26.3 Å². The van der Waals surface area contributed by atoms with Gasteiger partial charge < -0.3 is 15.5 Å². The lowest BCUT2D eigenvalue weighted by Crippen LogP contribution is -2.42. The fourth-order valence-electron chi connectivity index (χ4n) is 3.41. The minimum atomic E-state index is -5.08. The Morgan fingerprint density at radius 3 is 1.91 bits per heavy atom. The van der Waals surface area contributed by atoms with Crippen molar-refractivity contribution >= 4 is 22.7 Å². The van der Waals surface area contributed by atoms with Crippen LogP contribution in [0.2, 0.25) is 0 Å². The van der Waals surface area contributed by atoms with Crippen LogP contribution in [0.1, 0.15) is 12.0 Å². The highest BCUT2D eigenvalue weighted by Crippen LogP contribution is 2.26. The number of carboxylic acid groups (broad SMARTS) is 2. The van der Waals surface area contributed by atoms with Crippen LogP contribution in [0.15, 0.2) is 42.5 Å². The maximum Gasteiger partial charge on any atom is 0.490 e. The average molecular weight is 466 g/mol. The van der Waals surface area contributed by atoms with Crippen molar-refractivity contribution in [3.8, 4) is 0 Å². The summed E-state index contributed by atoms with van der Waals surface area (Å²) in [6.45, 7) is 3.50. The molecule has 32 heavy (non-hydrogen) atoms. The van der Waals surface area contributed by atoms with Gasteiger partial charge in [-0.1, -0.05) is 36.4 Å². The number of alkyl halides is 6. The van der Waals surface area contributed by atoms with E-state index in [1.54, 1.807) is 0 Å². The molecule has 0 saturated carbocycles. The van der Waals surface area contributed by atoms with Crippen molar-refractivity contribution in [1.82, 2.24) is 10.2 Å². The number of piperazine rings is 1. The molecular weight excluding hydrogens is 446 g/mol. The van der Waals surface area contributed by atoms with Crippen molar-refractivity contribution in [1.29, 1.82) is 0 Å². The fraction of sp³-hybridized carbons (Fsp3) is 0.400. The van der Waals surface area contributed by atoms with Crippen LogP contribution in [0.5, 0.6) is 0 Å². The molecule has 176 valence electrons. The molecular formula is C20H20F6N2O4. The summed E-state index contributed by atoms with van der Waals surface area (Å²) in [5.74, 6) is -5.51. The lowest BCUT2D eigenvalue weighted by Gasteiger charge is -2.27. The Labute approximate surface area is 178 Å². The first-order valence-corrected chi connectivity index (χ1v) is 9.32. The van der Waals surface area contributed by atoms with E-state index in [-0.39, 0.29) is 0 Å². The SMILES string of the molecule is O=C(O)C(F)(F)F.O=C(O)C(F)(F)F.c1ccc2cc(CN3C[C@@H]4C[C@H]3CN4)ccc2c1. The number of likely N-dealkylation sites (tertiary alicyclic amines) is 1. The Kier molecular flexibility index (Phi) is 8.07. The van der Waals surface area contributed by atoms with Crippen molar-refractivity contribution < 1.29 is 46.1 Å². The maximum absolute atomic E-state index is 10.6. The Morgan fingerprint density at radius 2 is 1.47 bits per heavy atom. The number of carbonyl (C=O) groups is 2. The van der Waals surface area contributed by atoms with Crippen molar-refractivity contribution in [3.63, 3.8) is 0 Å². The number of hydrogen-bond donors (Lipinski definition) is 3. The standard InChI is InChI=1S/C16H18N2.2C2HF3O2/c1-2-4-14-7-12(5-6-13(14)3-1)10-18-11-15-8-16(18)9-17-15;2*3-2(4,5)1(6)7/h1-7,15-17H,8-11H2;2*(H,6,7)/t15-,16-;;/m0../s1. The van der Waals surface area contributed by atoms with E-state index in [1.807, 2.05) is 0 Å². The molecule has 6 nitrogen and oxygen atoms in total. The average Bonchev–Trinajstić information content (AvgIpc) is 3.30. The Hall–Kier alpha value is -2.86. The molecule has 0 spiro atoms. The van der Waals surface area contributed by atoms with Crippen LogP contribution in [0.3, 0.4) is 0 Å². The van der Waals surface area contributed by atoms with Crippen LogP contribution < -0.4 is 5.32 Å². The lowest BCUT2D eigenvalue weighted by atomic mass is 10.1. The first-order valence-electron chi connectivity index (χ1n) is 9.32. The number of nitrogens with zero attached hydrogens (tertiary/aromatic N) is 1. The molecule has 0 aliphatic carbocycles. The van der Waals surface area contributed by atoms with Gasteiger partial charge in [0.25, 0.3) is 0 Å². The predicted molar refractivity (Wildman–Crippen MR) is 102 cm³/mol. The molecule has 4 rings (SSSR count). The summed E-state index contributed by atoms with van der Waals surface area (Å²) in [6.07, 6.45) is -8.83. The van der Waals surface area contributed by atoms with Crippen LogP contribution >= 0.6 is 0 Å². The van der Waals surface area contributed by atoms with Crippen molar-refractivity contribution in [2.75, 3.05) is 13.1 Å². The van der Waals surface area contributed by atoms with Crippen LogP contribution in [-0.4, -0.2) is 64.6 Å². The number of benzene rings is 2. The van der Waals surface area contributed by atoms with Gasteiger partial charge in [-0.3, -0.25) is 4.90 Å². The summed E-state index contributed by atoms with van der Waals surface area (Å²) in [5, 5.41) is 20.5. The van der Waals surface area contributed by atoms with Gasteiger partial charge in [0.2, 0.25) is 0 Å². The highest BCUT2D eigenvalue weighted by atomic mass is 19.4. The summed E-state index contributed by atoms with van der Waals surface area (Å²) in [6, 6.07) is 17.0. The number of halogens is 6. The summed E-state index contributed by atoms with van der Waals surface area (Å²) in [4.78, 5) is 20.4. The number of aliphatic carboxylic acids is 2. The third-order valence-corrected chi connectivity index (χ3v) is 4.85. The third kappa shape index (κ3) is 7.38. The van der Waals surface area contributed by atoms with Crippen LogP contribution in [0, 0.1) is 0 Å². The number of fused-ring (bicyclic) bond motifs is 3. The smallest absolute Gasteiger partial charge is 0.475 e. The number of nitrogens with one attached hydrogen (secondary N) is 1. The van der Waals surface area contributed by atoms with E-state index in [1.165, 1.54) is 35.8 Å². The van der Waals surface area contributed by atoms with Gasteiger partial charge in [0.1, 0.15) is 0 Å². The molecule has 2 aromatic rings. The van der Waals surface area contributed by atoms with Crippen LogP contribution in [-0.2, 0) is 16.1 Å². The summed E-state index contributed by atoms with van der Waals surface area (Å²) >= 11 is 0. The normalized spacial score (nSPS) is 20.2. The van der Waals surface area contributed by atoms with E-state index in [0.29, 0.717) is 0 Å². The fourth-order valence-corrected chi connectivity index (χ4v) is 3.41. The van der Waals surface area contributed by atoms with E-state index in [0.717, 1.165) is 18.6 Å². The van der Waals surface area contributed by atoms with Gasteiger partial charge in [0, 0.05) is 31.7 Å². The molecule has 2 aliphatic heterocycles. The lowest BCUT2D eigenvalue weighted by molar-refractivity contribution is -0.193. The van der Waals surface area contributed by atoms with Gasteiger partial charge in [0.05, 0.1) is 0 Å². The Morgan fingerprint density at radius 1 is 0.938 bits per heavy atom. The highest BCUT2D eigenvalue weighted by molar-refractivity contribution is 5.83. The molecule has 0 radical (unpaired) electrons. The van der Waals surface area contributed by atoms with Gasteiger partial charge in [0.15, 0.2) is 0 Å². The zero-order chi connectivity index (χ0) is 24.1. The zero-order valence-corrected chi connectivity index (χ0v) is 16.5. The van der Waals surface area contributed by atoms with Gasteiger partial charge >= 0.3 is 24.3 Å². The topological polar surface area (TPSA) is 89.9 Å². The zero-order valence-electron chi connectivity index (χ0n) is 16.5. The minimum Gasteiger partial charge on any atom is -0.475 e. The van der Waals surface area contributed by atoms with Gasteiger partial charge in [-0.25, -0.2) is 9.59 Å². The number of rotatable bonds is 2. The van der Waals surface area contributed by atoms with E-state index >= 15 is 0 Å². The van der Waals surface area contributed by atoms with Crippen LogP contribution in [0.4, 0.5) is 26.3 Å². The Bertz CT molecular complexity index is 924. The molecule has 12 heteroatoms. The monoisotopic (exact) mass is 466 g/mol. The third-order valence-electron chi connectivity index (χ3n) is 4.85. The minimum absolute atomic E-state index is 0.746. The van der Waals surface area contributed by atoms with Crippen molar-refractivity contribution in [2.45, 2.75) is 37.4 Å². The van der Waals surface area contributed by atoms with E-state index in [9.17, 15) is 26.3 Å². The molecule has 0 unspecified atom stereocenters. The maximum atomic E-state index is 10.6. The van der Waals surface area contributed by atoms with E-state index < -0.39 is 24.3 Å². The van der Waals surface area contributed by atoms with Gasteiger partial charge in [-0.05, 0) is 28.8 Å². The first kappa shape index (κ1) is 25.4. The molecule has 2 atom stereocenters. The molecule has 2 aromatic carbocycles. The summed E-state index contributed by atoms with van der Waals surface area (Å²) < 4.78 is 63.5.